The van der Waals surface area contributed by atoms with Gasteiger partial charge in [-0.1, -0.05) is 18.2 Å². The van der Waals surface area contributed by atoms with E-state index >= 15 is 0 Å². The van der Waals surface area contributed by atoms with Gasteiger partial charge in [-0.15, -0.1) is 0 Å². The first-order valence-electron chi connectivity index (χ1n) is 6.23. The number of benzene rings is 1. The molecule has 100 valence electrons. The Labute approximate surface area is 112 Å². The van der Waals surface area contributed by atoms with Crippen molar-refractivity contribution >= 4 is 5.91 Å². The smallest absolute Gasteiger partial charge is 0.235 e. The Morgan fingerprint density at radius 1 is 1.32 bits per heavy atom. The van der Waals surface area contributed by atoms with E-state index in [4.69, 9.17) is 10.5 Å². The van der Waals surface area contributed by atoms with Crippen LogP contribution in [0.2, 0.25) is 0 Å². The maximum atomic E-state index is 12.0. The second-order valence-electron chi connectivity index (χ2n) is 4.10. The Morgan fingerprint density at radius 2 is 2.11 bits per heavy atom. The predicted molar refractivity (Wildman–Crippen MR) is 72.2 cm³/mol. The van der Waals surface area contributed by atoms with E-state index < -0.39 is 0 Å². The maximum absolute atomic E-state index is 12.0. The zero-order chi connectivity index (χ0) is 13.5. The largest absolute Gasteiger partial charge is 0.493 e. The minimum Gasteiger partial charge on any atom is -0.493 e. The number of nitrogens with zero attached hydrogens (tertiary/aromatic N) is 2. The molecule has 2 N–H and O–H groups in total. The van der Waals surface area contributed by atoms with Gasteiger partial charge in [0, 0.05) is 18.3 Å². The highest BCUT2D eigenvalue weighted by molar-refractivity contribution is 5.79. The first-order valence-corrected chi connectivity index (χ1v) is 6.23. The van der Waals surface area contributed by atoms with Crippen molar-refractivity contribution in [1.82, 2.24) is 9.55 Å². The van der Waals surface area contributed by atoms with Crippen molar-refractivity contribution in [1.29, 1.82) is 0 Å². The minimum atomic E-state index is -0.0307. The molecule has 5 nitrogen and oxygen atoms in total. The van der Waals surface area contributed by atoms with Crippen molar-refractivity contribution in [3.63, 3.8) is 0 Å². The molecule has 0 fully saturated rings. The van der Waals surface area contributed by atoms with E-state index in [1.807, 2.05) is 30.3 Å². The van der Waals surface area contributed by atoms with Crippen LogP contribution in [0.1, 0.15) is 16.9 Å². The van der Waals surface area contributed by atoms with E-state index in [-0.39, 0.29) is 5.91 Å². The summed E-state index contributed by atoms with van der Waals surface area (Å²) in [5.74, 6) is 0.736. The van der Waals surface area contributed by atoms with E-state index in [0.29, 0.717) is 26.0 Å². The minimum absolute atomic E-state index is 0.0307. The summed E-state index contributed by atoms with van der Waals surface area (Å²) in [4.78, 5) is 16.0. The number of para-hydroxylation sites is 1. The number of ether oxygens (including phenoxy) is 1. The molecule has 0 spiro atoms. The number of imidazole rings is 1. The molecule has 0 amide bonds. The number of carbonyl (C=O) groups is 1. The van der Waals surface area contributed by atoms with Gasteiger partial charge in [-0.3, -0.25) is 9.36 Å². The molecule has 2 rings (SSSR count). The fraction of sp³-hybridized carbons (Fsp3) is 0.286. The molecule has 0 atom stereocenters. The van der Waals surface area contributed by atoms with Gasteiger partial charge < -0.3 is 10.5 Å². The Bertz CT molecular complexity index is 522. The molecule has 1 heterocycles. The van der Waals surface area contributed by atoms with Crippen molar-refractivity contribution in [3.8, 4) is 5.75 Å². The van der Waals surface area contributed by atoms with Gasteiger partial charge in [0.2, 0.25) is 5.91 Å². The summed E-state index contributed by atoms with van der Waals surface area (Å²) in [7, 11) is 0. The van der Waals surface area contributed by atoms with Crippen LogP contribution in [0.4, 0.5) is 0 Å². The SMILES string of the molecule is NCCc1cncn1C(=O)CCOc1ccccc1. The normalized spacial score (nSPS) is 10.4. The molecule has 0 radical (unpaired) electrons. The fourth-order valence-corrected chi connectivity index (χ4v) is 1.77. The molecule has 2 aromatic rings. The van der Waals surface area contributed by atoms with Crippen molar-refractivity contribution in [2.45, 2.75) is 12.8 Å². The van der Waals surface area contributed by atoms with Crippen LogP contribution in [0, 0.1) is 0 Å². The average Bonchev–Trinajstić information content (AvgIpc) is 2.89. The van der Waals surface area contributed by atoms with Gasteiger partial charge in [0.1, 0.15) is 12.1 Å². The summed E-state index contributed by atoms with van der Waals surface area (Å²) >= 11 is 0. The fourth-order valence-electron chi connectivity index (χ4n) is 1.77. The third kappa shape index (κ3) is 3.66. The van der Waals surface area contributed by atoms with Gasteiger partial charge in [0.15, 0.2) is 0 Å². The summed E-state index contributed by atoms with van der Waals surface area (Å²) in [6.45, 7) is 0.850. The number of hydrogen-bond acceptors (Lipinski definition) is 4. The zero-order valence-electron chi connectivity index (χ0n) is 10.7. The molecule has 0 bridgehead atoms. The van der Waals surface area contributed by atoms with Gasteiger partial charge in [0.05, 0.1) is 13.0 Å². The first-order chi connectivity index (χ1) is 9.31. The number of rotatable bonds is 6. The molecule has 0 saturated heterocycles. The summed E-state index contributed by atoms with van der Waals surface area (Å²) in [6, 6.07) is 9.43. The highest BCUT2D eigenvalue weighted by Crippen LogP contribution is 2.09. The van der Waals surface area contributed by atoms with Gasteiger partial charge in [-0.2, -0.15) is 0 Å². The van der Waals surface area contributed by atoms with Crippen LogP contribution in [-0.2, 0) is 6.42 Å². The van der Waals surface area contributed by atoms with Crippen molar-refractivity contribution in [2.75, 3.05) is 13.2 Å². The van der Waals surface area contributed by atoms with Crippen LogP contribution in [0.3, 0.4) is 0 Å². The van der Waals surface area contributed by atoms with Gasteiger partial charge in [0.25, 0.3) is 0 Å². The van der Waals surface area contributed by atoms with E-state index in [1.54, 1.807) is 10.8 Å². The Hall–Kier alpha value is -2.14. The molecule has 5 heteroatoms. The highest BCUT2D eigenvalue weighted by atomic mass is 16.5. The molecular weight excluding hydrogens is 242 g/mol. The quantitative estimate of drug-likeness (QED) is 0.853. The molecule has 1 aromatic heterocycles. The molecule has 0 aliphatic rings. The van der Waals surface area contributed by atoms with Crippen LogP contribution < -0.4 is 10.5 Å². The standard InChI is InChI=1S/C14H17N3O2/c15-8-6-12-10-16-11-17(12)14(18)7-9-19-13-4-2-1-3-5-13/h1-5,10-11H,6-9,15H2. The first kappa shape index (κ1) is 13.3. The Kier molecular flexibility index (Phi) is 4.69. The highest BCUT2D eigenvalue weighted by Gasteiger charge is 2.09. The third-order valence-corrected chi connectivity index (χ3v) is 2.71. The predicted octanol–water partition coefficient (Wildman–Crippen LogP) is 1.49. The molecule has 0 aliphatic carbocycles. The average molecular weight is 259 g/mol. The number of nitrogens with two attached hydrogens (primary N) is 1. The third-order valence-electron chi connectivity index (χ3n) is 2.71. The summed E-state index contributed by atoms with van der Waals surface area (Å²) < 4.78 is 7.04. The molecule has 0 aliphatic heterocycles. The van der Waals surface area contributed by atoms with Crippen molar-refractivity contribution < 1.29 is 9.53 Å². The van der Waals surface area contributed by atoms with E-state index in [9.17, 15) is 4.79 Å². The second kappa shape index (κ2) is 6.70. The van der Waals surface area contributed by atoms with E-state index in [2.05, 4.69) is 4.98 Å². The monoisotopic (exact) mass is 259 g/mol. The molecule has 0 unspecified atom stereocenters. The van der Waals surface area contributed by atoms with Crippen LogP contribution in [-0.4, -0.2) is 28.6 Å². The van der Waals surface area contributed by atoms with Crippen molar-refractivity contribution in [2.24, 2.45) is 5.73 Å². The molecule has 19 heavy (non-hydrogen) atoms. The summed E-state index contributed by atoms with van der Waals surface area (Å²) in [5.41, 5.74) is 6.33. The molecule has 0 saturated carbocycles. The lowest BCUT2D eigenvalue weighted by Gasteiger charge is -2.07. The summed E-state index contributed by atoms with van der Waals surface area (Å²) in [6.07, 6.45) is 4.15. The number of aromatic nitrogens is 2. The Balaban J connectivity index is 1.86. The van der Waals surface area contributed by atoms with E-state index in [0.717, 1.165) is 11.4 Å². The number of carbonyl (C=O) groups excluding carboxylic acids is 1. The van der Waals surface area contributed by atoms with Gasteiger partial charge in [-0.25, -0.2) is 4.98 Å². The molecular formula is C14H17N3O2. The summed E-state index contributed by atoms with van der Waals surface area (Å²) in [5, 5.41) is 0. The van der Waals surface area contributed by atoms with Gasteiger partial charge in [-0.05, 0) is 18.7 Å². The van der Waals surface area contributed by atoms with Gasteiger partial charge >= 0.3 is 0 Å². The second-order valence-corrected chi connectivity index (χ2v) is 4.10. The lowest BCUT2D eigenvalue weighted by molar-refractivity contribution is 0.0878. The van der Waals surface area contributed by atoms with Crippen molar-refractivity contribution in [3.05, 3.63) is 48.5 Å². The topological polar surface area (TPSA) is 70.1 Å². The van der Waals surface area contributed by atoms with Crippen LogP contribution in [0.25, 0.3) is 0 Å². The van der Waals surface area contributed by atoms with Crippen LogP contribution in [0.5, 0.6) is 5.75 Å². The van der Waals surface area contributed by atoms with Crippen LogP contribution >= 0.6 is 0 Å². The van der Waals surface area contributed by atoms with E-state index in [1.165, 1.54) is 6.33 Å². The zero-order valence-corrected chi connectivity index (χ0v) is 10.7. The Morgan fingerprint density at radius 3 is 2.84 bits per heavy atom. The lowest BCUT2D eigenvalue weighted by Crippen LogP contribution is -2.17. The number of hydrogen-bond donors (Lipinski definition) is 1. The lowest BCUT2D eigenvalue weighted by atomic mass is 10.3. The maximum Gasteiger partial charge on any atom is 0.235 e. The molecule has 1 aromatic carbocycles. The van der Waals surface area contributed by atoms with Crippen LogP contribution in [0.15, 0.2) is 42.9 Å².